The molecule has 2 aromatic rings. The number of hydrogen-bond acceptors (Lipinski definition) is 4. The summed E-state index contributed by atoms with van der Waals surface area (Å²) in [6.45, 7) is 1.80. The van der Waals surface area contributed by atoms with E-state index in [0.717, 1.165) is 5.56 Å². The van der Waals surface area contributed by atoms with E-state index in [1.165, 1.54) is 12.1 Å². The van der Waals surface area contributed by atoms with Crippen molar-refractivity contribution in [2.45, 2.75) is 19.4 Å². The highest BCUT2D eigenvalue weighted by atomic mass is 35.5. The van der Waals surface area contributed by atoms with E-state index < -0.39 is 22.2 Å². The molecule has 0 saturated carbocycles. The molecule has 7 nitrogen and oxygen atoms in total. The molecule has 0 bridgehead atoms. The van der Waals surface area contributed by atoms with Crippen LogP contribution >= 0.6 is 11.6 Å². The van der Waals surface area contributed by atoms with Crippen molar-refractivity contribution in [1.29, 1.82) is 0 Å². The van der Waals surface area contributed by atoms with Crippen molar-refractivity contribution in [2.24, 2.45) is 5.73 Å². The molecule has 0 fully saturated rings. The molecule has 0 spiro atoms. The quantitative estimate of drug-likeness (QED) is 0.584. The van der Waals surface area contributed by atoms with Crippen LogP contribution in [0.2, 0.25) is 5.02 Å². The zero-order valence-electron chi connectivity index (χ0n) is 13.4. The number of nitrogens with two attached hydrogens (primary N) is 1. The monoisotopic (exact) mass is 383 g/mol. The Morgan fingerprint density at radius 3 is 2.32 bits per heavy atom. The summed E-state index contributed by atoms with van der Waals surface area (Å²) in [6, 6.07) is 10.0. The van der Waals surface area contributed by atoms with Crippen LogP contribution in [0.5, 0.6) is 0 Å². The van der Waals surface area contributed by atoms with Crippen LogP contribution in [0.4, 0.5) is 11.4 Å². The first kappa shape index (κ1) is 19.0. The highest BCUT2D eigenvalue weighted by molar-refractivity contribution is 7.94. The van der Waals surface area contributed by atoms with Crippen LogP contribution in [-0.4, -0.2) is 25.5 Å². The fraction of sp³-hybridized carbons (Fsp3) is 0.188. The van der Waals surface area contributed by atoms with Gasteiger partial charge in [-0.3, -0.25) is 14.2 Å². The van der Waals surface area contributed by atoms with E-state index in [9.17, 15) is 13.2 Å². The molecule has 1 atom stereocenters. The maximum Gasteiger partial charge on any atom is 0.321 e. The second-order valence-corrected chi connectivity index (χ2v) is 7.36. The smallest absolute Gasteiger partial charge is 0.321 e. The predicted molar refractivity (Wildman–Crippen MR) is 98.1 cm³/mol. The summed E-state index contributed by atoms with van der Waals surface area (Å²) in [5.74, 6) is -1.12. The third-order valence-electron chi connectivity index (χ3n) is 3.45. The Morgan fingerprint density at radius 2 is 1.72 bits per heavy atom. The molecule has 25 heavy (non-hydrogen) atoms. The summed E-state index contributed by atoms with van der Waals surface area (Å²) in [6.07, 6.45) is 0.0986. The van der Waals surface area contributed by atoms with Crippen molar-refractivity contribution in [3.63, 3.8) is 0 Å². The van der Waals surface area contributed by atoms with Gasteiger partial charge in [0.1, 0.15) is 6.04 Å². The van der Waals surface area contributed by atoms with Gasteiger partial charge in [-0.25, -0.2) is 0 Å². The first-order valence-electron chi connectivity index (χ1n) is 7.30. The van der Waals surface area contributed by atoms with Gasteiger partial charge in [-0.15, -0.1) is 0 Å². The lowest BCUT2D eigenvalue weighted by molar-refractivity contribution is -0.138. The number of halogens is 1. The van der Waals surface area contributed by atoms with E-state index >= 15 is 0 Å². The third-order valence-corrected chi connectivity index (χ3v) is 4.72. The summed E-state index contributed by atoms with van der Waals surface area (Å²) in [4.78, 5) is 10.9. The molecule has 0 aliphatic heterocycles. The van der Waals surface area contributed by atoms with Crippen LogP contribution in [0.25, 0.3) is 0 Å². The minimum atomic E-state index is -3.87. The number of nitrogens with one attached hydrogen (secondary N) is 2. The van der Waals surface area contributed by atoms with Gasteiger partial charge in [-0.1, -0.05) is 17.7 Å². The van der Waals surface area contributed by atoms with Gasteiger partial charge in [0.15, 0.2) is 0 Å². The van der Waals surface area contributed by atoms with Crippen LogP contribution in [-0.2, 0) is 21.4 Å². The summed E-state index contributed by atoms with van der Waals surface area (Å²) < 4.78 is 29.2. The average molecular weight is 384 g/mol. The maximum atomic E-state index is 12.2. The molecule has 134 valence electrons. The van der Waals surface area contributed by atoms with Crippen molar-refractivity contribution in [3.05, 3.63) is 58.6 Å². The van der Waals surface area contributed by atoms with Crippen molar-refractivity contribution >= 4 is 39.2 Å². The van der Waals surface area contributed by atoms with Gasteiger partial charge in [0.05, 0.1) is 11.4 Å². The van der Waals surface area contributed by atoms with Crippen molar-refractivity contribution in [2.75, 3.05) is 9.44 Å². The lowest BCUT2D eigenvalue weighted by Crippen LogP contribution is -2.32. The molecule has 0 radical (unpaired) electrons. The van der Waals surface area contributed by atoms with Crippen molar-refractivity contribution in [1.82, 2.24) is 0 Å². The molecule has 2 aromatic carbocycles. The highest BCUT2D eigenvalue weighted by Crippen LogP contribution is 2.19. The van der Waals surface area contributed by atoms with Gasteiger partial charge in [-0.2, -0.15) is 8.42 Å². The van der Waals surface area contributed by atoms with E-state index in [1.807, 2.05) is 0 Å². The number of aryl methyl sites for hydroxylation is 1. The van der Waals surface area contributed by atoms with Gasteiger partial charge < -0.3 is 10.8 Å². The van der Waals surface area contributed by atoms with Crippen molar-refractivity contribution in [3.8, 4) is 0 Å². The van der Waals surface area contributed by atoms with Gasteiger partial charge >= 0.3 is 16.2 Å². The molecule has 9 heteroatoms. The summed E-state index contributed by atoms with van der Waals surface area (Å²) >= 11 is 5.76. The highest BCUT2D eigenvalue weighted by Gasteiger charge is 2.15. The number of carbonyl (C=O) groups is 1. The van der Waals surface area contributed by atoms with Crippen molar-refractivity contribution < 1.29 is 18.3 Å². The summed E-state index contributed by atoms with van der Waals surface area (Å²) in [5.41, 5.74) is 7.69. The fourth-order valence-corrected chi connectivity index (χ4v) is 3.19. The number of carboxylic acids is 1. The van der Waals surface area contributed by atoms with E-state index in [2.05, 4.69) is 9.44 Å². The molecule has 0 aliphatic carbocycles. The largest absolute Gasteiger partial charge is 0.480 e. The Labute approximate surface area is 151 Å². The molecular weight excluding hydrogens is 366 g/mol. The fourth-order valence-electron chi connectivity index (χ4n) is 2.13. The zero-order valence-corrected chi connectivity index (χ0v) is 14.9. The number of carboxylic acid groups (broad SMARTS) is 1. The minimum absolute atomic E-state index is 0.0986. The van der Waals surface area contributed by atoms with Crippen LogP contribution in [0.3, 0.4) is 0 Å². The molecule has 0 heterocycles. The number of benzene rings is 2. The Kier molecular flexibility index (Phi) is 5.89. The number of hydrogen-bond donors (Lipinski definition) is 4. The van der Waals surface area contributed by atoms with Gasteiger partial charge in [0.2, 0.25) is 0 Å². The predicted octanol–water partition coefficient (Wildman–Crippen LogP) is 2.37. The SMILES string of the molecule is Cc1ccc(NS(=O)(=O)Nc2ccc(Cl)cc2)cc1C[C@H](N)C(=O)O. The lowest BCUT2D eigenvalue weighted by Gasteiger charge is -2.14. The standard InChI is InChI=1S/C16H18ClN3O4S/c1-10-2-5-14(8-11(10)9-15(18)16(21)22)20-25(23,24)19-13-6-3-12(17)4-7-13/h2-8,15,19-20H,9,18H2,1H3,(H,21,22)/t15-/m0/s1. The third kappa shape index (κ3) is 5.63. The normalized spacial score (nSPS) is 12.4. The van der Waals surface area contributed by atoms with E-state index in [1.54, 1.807) is 37.3 Å². The number of anilines is 2. The molecule has 0 saturated heterocycles. The van der Waals surface area contributed by atoms with Crippen LogP contribution < -0.4 is 15.2 Å². The topological polar surface area (TPSA) is 122 Å². The molecule has 0 unspecified atom stereocenters. The number of rotatable bonds is 7. The molecular formula is C16H18ClN3O4S. The van der Waals surface area contributed by atoms with E-state index in [4.69, 9.17) is 22.4 Å². The minimum Gasteiger partial charge on any atom is -0.480 e. The van der Waals surface area contributed by atoms with Crippen LogP contribution in [0.15, 0.2) is 42.5 Å². The first-order chi connectivity index (χ1) is 11.7. The Hall–Kier alpha value is -2.29. The van der Waals surface area contributed by atoms with Gasteiger partial charge in [-0.05, 0) is 60.9 Å². The second-order valence-electron chi connectivity index (χ2n) is 5.50. The van der Waals surface area contributed by atoms with Crippen LogP contribution in [0.1, 0.15) is 11.1 Å². The van der Waals surface area contributed by atoms with Crippen LogP contribution in [0, 0.1) is 6.92 Å². The summed E-state index contributed by atoms with van der Waals surface area (Å²) in [7, 11) is -3.87. The van der Waals surface area contributed by atoms with E-state index in [0.29, 0.717) is 22.0 Å². The summed E-state index contributed by atoms with van der Waals surface area (Å²) in [5, 5.41) is 9.41. The lowest BCUT2D eigenvalue weighted by atomic mass is 10.0. The Bertz CT molecular complexity index is 869. The molecule has 0 aromatic heterocycles. The number of aliphatic carboxylic acids is 1. The van der Waals surface area contributed by atoms with Gasteiger partial charge in [0.25, 0.3) is 0 Å². The second kappa shape index (κ2) is 7.73. The molecule has 2 rings (SSSR count). The Morgan fingerprint density at radius 1 is 1.16 bits per heavy atom. The molecule has 0 aliphatic rings. The zero-order chi connectivity index (χ0) is 18.6. The molecule has 0 amide bonds. The first-order valence-corrected chi connectivity index (χ1v) is 9.16. The Balaban J connectivity index is 2.15. The molecule has 5 N–H and O–H groups in total. The average Bonchev–Trinajstić information content (AvgIpc) is 2.52. The van der Waals surface area contributed by atoms with E-state index in [-0.39, 0.29) is 6.42 Å². The maximum absolute atomic E-state index is 12.2. The van der Waals surface area contributed by atoms with Gasteiger partial charge in [0, 0.05) is 5.02 Å².